The quantitative estimate of drug-likeness (QED) is 0.826. The van der Waals surface area contributed by atoms with Crippen LogP contribution in [0.2, 0.25) is 0 Å². The van der Waals surface area contributed by atoms with E-state index in [4.69, 9.17) is 9.47 Å². The second-order valence-corrected chi connectivity index (χ2v) is 5.95. The first-order valence-electron chi connectivity index (χ1n) is 8.23. The number of amides is 2. The van der Waals surface area contributed by atoms with E-state index in [0.717, 1.165) is 12.8 Å². The summed E-state index contributed by atoms with van der Waals surface area (Å²) in [6.07, 6.45) is 1.48. The first-order valence-corrected chi connectivity index (χ1v) is 8.23. The van der Waals surface area contributed by atoms with Crippen molar-refractivity contribution in [2.75, 3.05) is 32.8 Å². The minimum Gasteiger partial charge on any atom is -0.490 e. The molecule has 0 unspecified atom stereocenters. The number of hydrogen-bond acceptors (Lipinski definition) is 4. The van der Waals surface area contributed by atoms with Crippen LogP contribution < -0.4 is 4.74 Å². The summed E-state index contributed by atoms with van der Waals surface area (Å²) >= 11 is 0. The molecule has 2 heterocycles. The monoisotopic (exact) mass is 336 g/mol. The van der Waals surface area contributed by atoms with E-state index in [9.17, 15) is 14.0 Å². The molecule has 6 nitrogen and oxygen atoms in total. The van der Waals surface area contributed by atoms with Gasteiger partial charge >= 0.3 is 6.09 Å². The number of para-hydroxylation sites is 1. The van der Waals surface area contributed by atoms with E-state index in [1.165, 1.54) is 6.07 Å². The molecule has 2 aliphatic heterocycles. The molecule has 0 radical (unpaired) electrons. The molecule has 0 atom stereocenters. The van der Waals surface area contributed by atoms with Gasteiger partial charge in [-0.1, -0.05) is 12.1 Å². The van der Waals surface area contributed by atoms with Crippen molar-refractivity contribution in [1.29, 1.82) is 0 Å². The number of ether oxygens (including phenoxy) is 2. The van der Waals surface area contributed by atoms with Crippen molar-refractivity contribution in [1.82, 2.24) is 9.80 Å². The van der Waals surface area contributed by atoms with Crippen molar-refractivity contribution in [3.8, 4) is 5.75 Å². The molecule has 0 spiro atoms. The summed E-state index contributed by atoms with van der Waals surface area (Å²) in [4.78, 5) is 27.3. The summed E-state index contributed by atoms with van der Waals surface area (Å²) < 4.78 is 23.7. The van der Waals surface area contributed by atoms with Crippen molar-refractivity contribution in [2.45, 2.75) is 25.3 Å². The number of benzene rings is 1. The van der Waals surface area contributed by atoms with E-state index in [1.54, 1.807) is 28.0 Å². The van der Waals surface area contributed by atoms with Gasteiger partial charge in [0.1, 0.15) is 6.61 Å². The molecule has 0 aliphatic carbocycles. The molecule has 0 N–H and O–H groups in total. The van der Waals surface area contributed by atoms with Crippen molar-refractivity contribution >= 4 is 12.0 Å². The summed E-state index contributed by atoms with van der Waals surface area (Å²) in [5, 5.41) is 0. The number of carbonyl (C=O) groups is 2. The van der Waals surface area contributed by atoms with Gasteiger partial charge in [-0.15, -0.1) is 0 Å². The van der Waals surface area contributed by atoms with Crippen molar-refractivity contribution in [3.05, 3.63) is 30.1 Å². The van der Waals surface area contributed by atoms with Gasteiger partial charge in [-0.2, -0.15) is 0 Å². The van der Waals surface area contributed by atoms with Gasteiger partial charge in [-0.05, 0) is 25.0 Å². The third-order valence-electron chi connectivity index (χ3n) is 4.46. The maximum Gasteiger partial charge on any atom is 0.410 e. The fourth-order valence-electron chi connectivity index (χ4n) is 3.13. The van der Waals surface area contributed by atoms with Gasteiger partial charge in [0.25, 0.3) is 0 Å². The molecule has 0 bridgehead atoms. The maximum atomic E-state index is 13.4. The average Bonchev–Trinajstić information content (AvgIpc) is 3.03. The Hall–Kier alpha value is -2.31. The zero-order chi connectivity index (χ0) is 16.9. The zero-order valence-electron chi connectivity index (χ0n) is 13.4. The number of halogens is 1. The van der Waals surface area contributed by atoms with Crippen molar-refractivity contribution in [2.24, 2.45) is 0 Å². The van der Waals surface area contributed by atoms with Crippen LogP contribution in [-0.2, 0) is 9.53 Å². The number of piperidine rings is 1. The zero-order valence-corrected chi connectivity index (χ0v) is 13.4. The van der Waals surface area contributed by atoms with Gasteiger partial charge in [0.2, 0.25) is 5.91 Å². The van der Waals surface area contributed by atoms with Gasteiger partial charge in [-0.3, -0.25) is 4.79 Å². The molecular formula is C17H21FN2O4. The highest BCUT2D eigenvalue weighted by atomic mass is 19.1. The number of hydrogen-bond donors (Lipinski definition) is 0. The number of nitrogens with zero attached hydrogens (tertiary/aromatic N) is 2. The minimum atomic E-state index is -0.428. The molecule has 1 aromatic rings. The van der Waals surface area contributed by atoms with E-state index in [0.29, 0.717) is 26.2 Å². The van der Waals surface area contributed by atoms with E-state index in [2.05, 4.69) is 0 Å². The van der Waals surface area contributed by atoms with E-state index >= 15 is 0 Å². The first kappa shape index (κ1) is 16.5. The second kappa shape index (κ2) is 7.51. The second-order valence-electron chi connectivity index (χ2n) is 5.95. The van der Waals surface area contributed by atoms with Gasteiger partial charge in [0.15, 0.2) is 11.6 Å². The molecule has 2 saturated heterocycles. The molecule has 7 heteroatoms. The Labute approximate surface area is 140 Å². The largest absolute Gasteiger partial charge is 0.490 e. The molecule has 0 saturated carbocycles. The predicted molar refractivity (Wildman–Crippen MR) is 84.2 cm³/mol. The Bertz CT molecular complexity index is 602. The highest BCUT2D eigenvalue weighted by Gasteiger charge is 2.33. The lowest BCUT2D eigenvalue weighted by atomic mass is 10.0. The Kier molecular flexibility index (Phi) is 5.17. The topological polar surface area (TPSA) is 59.1 Å². The smallest absolute Gasteiger partial charge is 0.410 e. The third kappa shape index (κ3) is 3.77. The molecule has 2 fully saturated rings. The number of rotatable bonds is 5. The van der Waals surface area contributed by atoms with Crippen LogP contribution in [0.4, 0.5) is 9.18 Å². The number of carbonyl (C=O) groups excluding carboxylic acids is 2. The average molecular weight is 336 g/mol. The molecular weight excluding hydrogens is 315 g/mol. The van der Waals surface area contributed by atoms with Crippen molar-refractivity contribution in [3.63, 3.8) is 0 Å². The third-order valence-corrected chi connectivity index (χ3v) is 4.46. The van der Waals surface area contributed by atoms with Crippen LogP contribution in [-0.4, -0.2) is 60.7 Å². The highest BCUT2D eigenvalue weighted by molar-refractivity contribution is 5.76. The Morgan fingerprint density at radius 3 is 2.67 bits per heavy atom. The lowest BCUT2D eigenvalue weighted by molar-refractivity contribution is -0.133. The summed E-state index contributed by atoms with van der Waals surface area (Å²) in [7, 11) is 0. The van der Waals surface area contributed by atoms with Crippen LogP contribution in [0.5, 0.6) is 5.75 Å². The van der Waals surface area contributed by atoms with E-state index in [-0.39, 0.29) is 36.8 Å². The van der Waals surface area contributed by atoms with E-state index < -0.39 is 5.82 Å². The predicted octanol–water partition coefficient (Wildman–Crippen LogP) is 2.04. The first-order chi connectivity index (χ1) is 11.6. The van der Waals surface area contributed by atoms with Gasteiger partial charge < -0.3 is 19.3 Å². The normalized spacial score (nSPS) is 18.6. The van der Waals surface area contributed by atoms with Gasteiger partial charge in [-0.25, -0.2) is 9.18 Å². The summed E-state index contributed by atoms with van der Waals surface area (Å²) in [5.74, 6) is -0.270. The van der Waals surface area contributed by atoms with Crippen LogP contribution in [0.1, 0.15) is 19.3 Å². The Morgan fingerprint density at radius 1 is 1.25 bits per heavy atom. The molecule has 130 valence electrons. The van der Waals surface area contributed by atoms with E-state index in [1.807, 2.05) is 0 Å². The molecule has 24 heavy (non-hydrogen) atoms. The van der Waals surface area contributed by atoms with Crippen LogP contribution in [0.3, 0.4) is 0 Å². The molecule has 2 aliphatic rings. The SMILES string of the molecule is O=C(CCOc1ccccc1F)N1CCC(N2CCOC2=O)CC1. The van der Waals surface area contributed by atoms with Crippen LogP contribution >= 0.6 is 0 Å². The Morgan fingerprint density at radius 2 is 2.00 bits per heavy atom. The fourth-order valence-corrected chi connectivity index (χ4v) is 3.13. The lowest BCUT2D eigenvalue weighted by Gasteiger charge is -2.35. The van der Waals surface area contributed by atoms with Crippen molar-refractivity contribution < 1.29 is 23.5 Å². The highest BCUT2D eigenvalue weighted by Crippen LogP contribution is 2.21. The Balaban J connectivity index is 1.41. The standard InChI is InChI=1S/C17H21FN2O4/c18-14-3-1-2-4-15(14)23-11-7-16(21)19-8-5-13(6-9-19)20-10-12-24-17(20)22/h1-4,13H,5-12H2. The molecule has 2 amide bonds. The van der Waals surface area contributed by atoms with Crippen LogP contribution in [0.25, 0.3) is 0 Å². The molecule has 3 rings (SSSR count). The number of likely N-dealkylation sites (tertiary alicyclic amines) is 1. The lowest BCUT2D eigenvalue weighted by Crippen LogP contribution is -2.47. The molecule has 1 aromatic carbocycles. The van der Waals surface area contributed by atoms with Gasteiger partial charge in [0, 0.05) is 19.1 Å². The summed E-state index contributed by atoms with van der Waals surface area (Å²) in [6.45, 7) is 2.47. The van der Waals surface area contributed by atoms with Gasteiger partial charge in [0.05, 0.1) is 19.6 Å². The molecule has 0 aromatic heterocycles. The maximum absolute atomic E-state index is 13.4. The minimum absolute atomic E-state index is 0.00575. The van der Waals surface area contributed by atoms with Crippen LogP contribution in [0.15, 0.2) is 24.3 Å². The summed E-state index contributed by atoms with van der Waals surface area (Å²) in [5.41, 5.74) is 0. The summed E-state index contributed by atoms with van der Waals surface area (Å²) in [6, 6.07) is 6.30. The fraction of sp³-hybridized carbons (Fsp3) is 0.529. The van der Waals surface area contributed by atoms with Crippen LogP contribution in [0, 0.1) is 5.82 Å². The number of cyclic esters (lactones) is 1.